The van der Waals surface area contributed by atoms with E-state index in [1.807, 2.05) is 16.9 Å². The summed E-state index contributed by atoms with van der Waals surface area (Å²) in [4.78, 5) is 0. The molecule has 2 nitrogen and oxygen atoms in total. The van der Waals surface area contributed by atoms with Crippen LogP contribution in [0.1, 0.15) is 18.9 Å². The predicted molar refractivity (Wildman–Crippen MR) is 35.9 cm³/mol. The lowest BCUT2D eigenvalue weighted by atomic mass is 10.1. The van der Waals surface area contributed by atoms with E-state index in [1.165, 1.54) is 12.8 Å². The van der Waals surface area contributed by atoms with Crippen molar-refractivity contribution in [2.75, 3.05) is 0 Å². The van der Waals surface area contributed by atoms with E-state index in [2.05, 4.69) is 5.10 Å². The van der Waals surface area contributed by atoms with Gasteiger partial charge in [0.25, 0.3) is 0 Å². The first-order valence-corrected chi connectivity index (χ1v) is 3.17. The minimum atomic E-state index is 0.627. The lowest BCUT2D eigenvalue weighted by Gasteiger charge is -1.92. The molecule has 0 aromatic carbocycles. The highest BCUT2D eigenvalue weighted by molar-refractivity contribution is 6.30. The SMILES string of the molecule is [B]c1ccn(C2CC2)n1. The maximum absolute atomic E-state index is 5.41. The third-order valence-electron chi connectivity index (χ3n) is 1.55. The molecule has 0 atom stereocenters. The largest absolute Gasteiger partial charge is 0.270 e. The molecule has 0 saturated heterocycles. The van der Waals surface area contributed by atoms with Crippen molar-refractivity contribution >= 4 is 13.4 Å². The van der Waals surface area contributed by atoms with Crippen LogP contribution < -0.4 is 5.59 Å². The van der Waals surface area contributed by atoms with Gasteiger partial charge in [-0.2, -0.15) is 5.10 Å². The number of hydrogen-bond donors (Lipinski definition) is 0. The average Bonchev–Trinajstić information content (AvgIpc) is 2.58. The van der Waals surface area contributed by atoms with Crippen molar-refractivity contribution in [3.05, 3.63) is 12.3 Å². The smallest absolute Gasteiger partial charge is 0.144 e. The van der Waals surface area contributed by atoms with E-state index < -0.39 is 0 Å². The zero-order valence-electron chi connectivity index (χ0n) is 5.12. The molecule has 0 unspecified atom stereocenters. The first-order valence-electron chi connectivity index (χ1n) is 3.17. The van der Waals surface area contributed by atoms with Gasteiger partial charge < -0.3 is 0 Å². The Labute approximate surface area is 55.3 Å². The van der Waals surface area contributed by atoms with Gasteiger partial charge in [0, 0.05) is 11.8 Å². The minimum absolute atomic E-state index is 0.627. The first-order chi connectivity index (χ1) is 4.36. The molecule has 1 aliphatic carbocycles. The third kappa shape index (κ3) is 0.868. The summed E-state index contributed by atoms with van der Waals surface area (Å²) in [7, 11) is 5.41. The average molecular weight is 118 g/mol. The first kappa shape index (κ1) is 5.09. The summed E-state index contributed by atoms with van der Waals surface area (Å²) in [5, 5.41) is 4.07. The van der Waals surface area contributed by atoms with Crippen molar-refractivity contribution in [3.8, 4) is 0 Å². The molecule has 1 aliphatic rings. The van der Waals surface area contributed by atoms with Crippen LogP contribution in [-0.4, -0.2) is 17.6 Å². The summed E-state index contributed by atoms with van der Waals surface area (Å²) in [5.41, 5.74) is 0.627. The molecule has 3 heteroatoms. The third-order valence-corrected chi connectivity index (χ3v) is 1.55. The van der Waals surface area contributed by atoms with Gasteiger partial charge in [0.1, 0.15) is 7.85 Å². The fourth-order valence-corrected chi connectivity index (χ4v) is 0.895. The number of hydrogen-bond acceptors (Lipinski definition) is 1. The Kier molecular flexibility index (Phi) is 0.919. The van der Waals surface area contributed by atoms with Gasteiger partial charge in [-0.05, 0) is 18.9 Å². The minimum Gasteiger partial charge on any atom is -0.270 e. The Balaban J connectivity index is 2.28. The van der Waals surface area contributed by atoms with Crippen molar-refractivity contribution < 1.29 is 0 Å². The predicted octanol–water partition coefficient (Wildman–Crippen LogP) is 0.0118. The molecule has 0 spiro atoms. The quantitative estimate of drug-likeness (QED) is 0.475. The second kappa shape index (κ2) is 1.63. The monoisotopic (exact) mass is 118 g/mol. The molecule has 0 N–H and O–H groups in total. The lowest BCUT2D eigenvalue weighted by Crippen LogP contribution is -2.06. The molecule has 0 bridgehead atoms. The second-order valence-electron chi connectivity index (χ2n) is 2.45. The second-order valence-corrected chi connectivity index (χ2v) is 2.45. The Hall–Kier alpha value is -0.725. The summed E-state index contributed by atoms with van der Waals surface area (Å²) in [6.45, 7) is 0. The topological polar surface area (TPSA) is 17.8 Å². The van der Waals surface area contributed by atoms with Gasteiger partial charge in [-0.25, -0.2) is 0 Å². The molecule has 1 saturated carbocycles. The van der Waals surface area contributed by atoms with Gasteiger partial charge in [-0.15, -0.1) is 0 Å². The van der Waals surface area contributed by atoms with Crippen LogP contribution in [-0.2, 0) is 0 Å². The van der Waals surface area contributed by atoms with E-state index in [-0.39, 0.29) is 0 Å². The van der Waals surface area contributed by atoms with Crippen LogP contribution in [0.2, 0.25) is 0 Å². The highest BCUT2D eigenvalue weighted by Gasteiger charge is 2.23. The van der Waals surface area contributed by atoms with Crippen molar-refractivity contribution in [3.63, 3.8) is 0 Å². The maximum Gasteiger partial charge on any atom is 0.144 e. The van der Waals surface area contributed by atoms with Crippen LogP contribution in [0, 0.1) is 0 Å². The van der Waals surface area contributed by atoms with Gasteiger partial charge in [0.2, 0.25) is 0 Å². The highest BCUT2D eigenvalue weighted by Crippen LogP contribution is 2.33. The van der Waals surface area contributed by atoms with Crippen molar-refractivity contribution in [1.29, 1.82) is 0 Å². The molecule has 1 aromatic heterocycles. The molecule has 44 valence electrons. The normalized spacial score (nSPS) is 18.2. The van der Waals surface area contributed by atoms with Crippen LogP contribution in [0.5, 0.6) is 0 Å². The summed E-state index contributed by atoms with van der Waals surface area (Å²) < 4.78 is 1.94. The molecule has 2 rings (SSSR count). The standard InChI is InChI=1S/C6H7BN2/c7-6-3-4-9(8-6)5-1-2-5/h3-5H,1-2H2. The molecule has 1 fully saturated rings. The van der Waals surface area contributed by atoms with Crippen LogP contribution >= 0.6 is 0 Å². The molecular weight excluding hydrogens is 111 g/mol. The van der Waals surface area contributed by atoms with Gasteiger partial charge in [0.05, 0.1) is 6.04 Å². The summed E-state index contributed by atoms with van der Waals surface area (Å²) >= 11 is 0. The van der Waals surface area contributed by atoms with Gasteiger partial charge in [0.15, 0.2) is 0 Å². The van der Waals surface area contributed by atoms with E-state index in [0.717, 1.165) is 0 Å². The van der Waals surface area contributed by atoms with Crippen LogP contribution in [0.4, 0.5) is 0 Å². The van der Waals surface area contributed by atoms with Crippen LogP contribution in [0.25, 0.3) is 0 Å². The zero-order chi connectivity index (χ0) is 6.27. The summed E-state index contributed by atoms with van der Waals surface area (Å²) in [6, 6.07) is 2.49. The fourth-order valence-electron chi connectivity index (χ4n) is 0.895. The van der Waals surface area contributed by atoms with Gasteiger partial charge in [-0.1, -0.05) is 0 Å². The van der Waals surface area contributed by atoms with E-state index in [0.29, 0.717) is 11.6 Å². The Morgan fingerprint density at radius 2 is 2.44 bits per heavy atom. The maximum atomic E-state index is 5.41. The lowest BCUT2D eigenvalue weighted by molar-refractivity contribution is 0.647. The van der Waals surface area contributed by atoms with E-state index in [4.69, 9.17) is 7.85 Å². The van der Waals surface area contributed by atoms with Crippen LogP contribution in [0.3, 0.4) is 0 Å². The number of aromatic nitrogens is 2. The Bertz CT molecular complexity index is 215. The molecule has 0 aliphatic heterocycles. The number of rotatable bonds is 1. The Morgan fingerprint density at radius 3 is 2.89 bits per heavy atom. The molecule has 1 heterocycles. The molecule has 9 heavy (non-hydrogen) atoms. The zero-order valence-corrected chi connectivity index (χ0v) is 5.12. The van der Waals surface area contributed by atoms with E-state index in [1.54, 1.807) is 0 Å². The Morgan fingerprint density at radius 1 is 1.67 bits per heavy atom. The summed E-state index contributed by atoms with van der Waals surface area (Å²) in [6.07, 6.45) is 4.47. The fraction of sp³-hybridized carbons (Fsp3) is 0.500. The molecule has 2 radical (unpaired) electrons. The molecule has 1 aromatic rings. The molecule has 0 amide bonds. The summed E-state index contributed by atoms with van der Waals surface area (Å²) in [5.74, 6) is 0. The van der Waals surface area contributed by atoms with Gasteiger partial charge in [-0.3, -0.25) is 4.68 Å². The van der Waals surface area contributed by atoms with Crippen molar-refractivity contribution in [1.82, 2.24) is 9.78 Å². The highest BCUT2D eigenvalue weighted by atomic mass is 15.3. The van der Waals surface area contributed by atoms with Gasteiger partial charge >= 0.3 is 0 Å². The number of nitrogens with zero attached hydrogens (tertiary/aromatic N) is 2. The van der Waals surface area contributed by atoms with Crippen molar-refractivity contribution in [2.24, 2.45) is 0 Å². The van der Waals surface area contributed by atoms with Crippen LogP contribution in [0.15, 0.2) is 12.3 Å². The molecular formula is C6H7BN2. The van der Waals surface area contributed by atoms with E-state index in [9.17, 15) is 0 Å². The van der Waals surface area contributed by atoms with Crippen molar-refractivity contribution in [2.45, 2.75) is 18.9 Å². The van der Waals surface area contributed by atoms with E-state index >= 15 is 0 Å².